The zero-order chi connectivity index (χ0) is 11.6. The molecule has 1 saturated heterocycles. The second-order valence-electron chi connectivity index (χ2n) is 5.10. The highest BCUT2D eigenvalue weighted by Gasteiger charge is 2.39. The van der Waals surface area contributed by atoms with Gasteiger partial charge in [0.15, 0.2) is 0 Å². The van der Waals surface area contributed by atoms with Crippen LogP contribution in [-0.2, 0) is 4.74 Å². The SMILES string of the molecule is CC(F)(F)C1CN(C2CCCCC2)CCO1. The van der Waals surface area contributed by atoms with Crippen molar-refractivity contribution in [2.45, 2.75) is 57.1 Å². The first-order chi connectivity index (χ1) is 7.57. The van der Waals surface area contributed by atoms with Gasteiger partial charge in [0.2, 0.25) is 0 Å². The number of ether oxygens (including phenoxy) is 1. The Bertz CT molecular complexity index is 224. The molecule has 1 heterocycles. The smallest absolute Gasteiger partial charge is 0.272 e. The maximum absolute atomic E-state index is 13.2. The highest BCUT2D eigenvalue weighted by molar-refractivity contribution is 4.85. The minimum absolute atomic E-state index is 0.397. The van der Waals surface area contributed by atoms with Gasteiger partial charge in [-0.3, -0.25) is 4.90 Å². The Labute approximate surface area is 95.9 Å². The average Bonchev–Trinajstić information content (AvgIpc) is 2.29. The van der Waals surface area contributed by atoms with E-state index in [2.05, 4.69) is 4.90 Å². The largest absolute Gasteiger partial charge is 0.369 e. The van der Waals surface area contributed by atoms with E-state index in [1.165, 1.54) is 32.1 Å². The van der Waals surface area contributed by atoms with E-state index in [0.29, 0.717) is 19.2 Å². The van der Waals surface area contributed by atoms with E-state index in [1.807, 2.05) is 0 Å². The maximum Gasteiger partial charge on any atom is 0.272 e. The lowest BCUT2D eigenvalue weighted by atomic mass is 9.93. The summed E-state index contributed by atoms with van der Waals surface area (Å²) in [5.41, 5.74) is 0. The Morgan fingerprint density at radius 3 is 2.50 bits per heavy atom. The zero-order valence-corrected chi connectivity index (χ0v) is 9.92. The highest BCUT2D eigenvalue weighted by Crippen LogP contribution is 2.28. The number of hydrogen-bond acceptors (Lipinski definition) is 2. The lowest BCUT2D eigenvalue weighted by molar-refractivity contribution is -0.163. The summed E-state index contributed by atoms with van der Waals surface area (Å²) >= 11 is 0. The van der Waals surface area contributed by atoms with Crippen LogP contribution in [0, 0.1) is 0 Å². The van der Waals surface area contributed by atoms with E-state index < -0.39 is 12.0 Å². The number of morpholine rings is 1. The quantitative estimate of drug-likeness (QED) is 0.727. The molecule has 2 nitrogen and oxygen atoms in total. The van der Waals surface area contributed by atoms with Crippen LogP contribution in [0.3, 0.4) is 0 Å². The molecule has 1 aliphatic carbocycles. The summed E-state index contributed by atoms with van der Waals surface area (Å²) in [6.07, 6.45) is 5.21. The molecule has 94 valence electrons. The van der Waals surface area contributed by atoms with E-state index in [1.54, 1.807) is 0 Å². The molecule has 2 fully saturated rings. The van der Waals surface area contributed by atoms with Gasteiger partial charge in [-0.2, -0.15) is 0 Å². The van der Waals surface area contributed by atoms with Crippen LogP contribution < -0.4 is 0 Å². The van der Waals surface area contributed by atoms with Crippen LogP contribution in [0.1, 0.15) is 39.0 Å². The third-order valence-corrected chi connectivity index (χ3v) is 3.75. The molecule has 1 aliphatic heterocycles. The van der Waals surface area contributed by atoms with Gasteiger partial charge in [0, 0.05) is 26.1 Å². The van der Waals surface area contributed by atoms with Crippen molar-refractivity contribution >= 4 is 0 Å². The van der Waals surface area contributed by atoms with Crippen LogP contribution in [0.2, 0.25) is 0 Å². The van der Waals surface area contributed by atoms with Gasteiger partial charge in [0.25, 0.3) is 5.92 Å². The minimum atomic E-state index is -2.71. The summed E-state index contributed by atoms with van der Waals surface area (Å²) in [5, 5.41) is 0. The molecule has 4 heteroatoms. The van der Waals surface area contributed by atoms with Gasteiger partial charge in [0.05, 0.1) is 6.61 Å². The second kappa shape index (κ2) is 4.96. The Morgan fingerprint density at radius 1 is 1.19 bits per heavy atom. The van der Waals surface area contributed by atoms with Gasteiger partial charge in [-0.25, -0.2) is 8.78 Å². The fraction of sp³-hybridized carbons (Fsp3) is 1.00. The molecule has 0 aromatic heterocycles. The molecule has 1 atom stereocenters. The molecule has 0 radical (unpaired) electrons. The average molecular weight is 233 g/mol. The van der Waals surface area contributed by atoms with Gasteiger partial charge in [-0.15, -0.1) is 0 Å². The topological polar surface area (TPSA) is 12.5 Å². The lowest BCUT2D eigenvalue weighted by Gasteiger charge is -2.41. The van der Waals surface area contributed by atoms with Crippen LogP contribution in [-0.4, -0.2) is 42.7 Å². The molecule has 0 aromatic rings. The Hall–Kier alpha value is -0.220. The first kappa shape index (κ1) is 12.2. The number of hydrogen-bond donors (Lipinski definition) is 0. The Balaban J connectivity index is 1.90. The first-order valence-corrected chi connectivity index (χ1v) is 6.31. The Kier molecular flexibility index (Phi) is 3.80. The predicted molar refractivity (Wildman–Crippen MR) is 58.8 cm³/mol. The monoisotopic (exact) mass is 233 g/mol. The summed E-state index contributed by atoms with van der Waals surface area (Å²) in [6, 6.07) is 0.516. The number of alkyl halides is 2. The molecule has 0 aromatic carbocycles. The van der Waals surface area contributed by atoms with E-state index in [9.17, 15) is 8.78 Å². The molecule has 16 heavy (non-hydrogen) atoms. The Morgan fingerprint density at radius 2 is 1.88 bits per heavy atom. The second-order valence-corrected chi connectivity index (χ2v) is 5.10. The summed E-state index contributed by atoms with van der Waals surface area (Å²) in [5.74, 6) is -2.71. The van der Waals surface area contributed by atoms with Crippen LogP contribution in [0.5, 0.6) is 0 Å². The molecule has 0 amide bonds. The lowest BCUT2D eigenvalue weighted by Crippen LogP contribution is -2.53. The number of nitrogens with zero attached hydrogens (tertiary/aromatic N) is 1. The van der Waals surface area contributed by atoms with E-state index in [-0.39, 0.29) is 0 Å². The van der Waals surface area contributed by atoms with Gasteiger partial charge < -0.3 is 4.74 Å². The molecule has 1 saturated carbocycles. The zero-order valence-electron chi connectivity index (χ0n) is 9.92. The summed E-state index contributed by atoms with van der Waals surface area (Å²) < 4.78 is 31.6. The van der Waals surface area contributed by atoms with Gasteiger partial charge in [-0.05, 0) is 12.8 Å². The van der Waals surface area contributed by atoms with Crippen LogP contribution in [0.25, 0.3) is 0 Å². The highest BCUT2D eigenvalue weighted by atomic mass is 19.3. The van der Waals surface area contributed by atoms with Crippen molar-refractivity contribution in [1.82, 2.24) is 4.90 Å². The summed E-state index contributed by atoms with van der Waals surface area (Å²) in [7, 11) is 0. The predicted octanol–water partition coefficient (Wildman–Crippen LogP) is 2.68. The fourth-order valence-electron chi connectivity index (χ4n) is 2.75. The minimum Gasteiger partial charge on any atom is -0.369 e. The van der Waals surface area contributed by atoms with Crippen molar-refractivity contribution in [3.05, 3.63) is 0 Å². The van der Waals surface area contributed by atoms with Crippen molar-refractivity contribution in [2.24, 2.45) is 0 Å². The molecular weight excluding hydrogens is 212 g/mol. The summed E-state index contributed by atoms with van der Waals surface area (Å²) in [6.45, 7) is 2.62. The van der Waals surface area contributed by atoms with Crippen LogP contribution in [0.4, 0.5) is 8.78 Å². The van der Waals surface area contributed by atoms with Crippen molar-refractivity contribution in [2.75, 3.05) is 19.7 Å². The van der Waals surface area contributed by atoms with Crippen LogP contribution in [0.15, 0.2) is 0 Å². The molecular formula is C12H21F2NO. The van der Waals surface area contributed by atoms with E-state index in [4.69, 9.17) is 4.74 Å². The third kappa shape index (κ3) is 2.92. The van der Waals surface area contributed by atoms with Crippen molar-refractivity contribution in [1.29, 1.82) is 0 Å². The van der Waals surface area contributed by atoms with Crippen molar-refractivity contribution in [3.8, 4) is 0 Å². The van der Waals surface area contributed by atoms with Crippen molar-refractivity contribution in [3.63, 3.8) is 0 Å². The number of halogens is 2. The molecule has 0 spiro atoms. The summed E-state index contributed by atoms with van der Waals surface area (Å²) in [4.78, 5) is 2.21. The molecule has 0 bridgehead atoms. The van der Waals surface area contributed by atoms with Gasteiger partial charge >= 0.3 is 0 Å². The molecule has 2 aliphatic rings. The molecule has 1 unspecified atom stereocenters. The van der Waals surface area contributed by atoms with Gasteiger partial charge in [-0.1, -0.05) is 19.3 Å². The van der Waals surface area contributed by atoms with E-state index >= 15 is 0 Å². The van der Waals surface area contributed by atoms with Crippen LogP contribution >= 0.6 is 0 Å². The third-order valence-electron chi connectivity index (χ3n) is 3.75. The van der Waals surface area contributed by atoms with E-state index in [0.717, 1.165) is 13.5 Å². The first-order valence-electron chi connectivity index (χ1n) is 6.31. The van der Waals surface area contributed by atoms with Crippen molar-refractivity contribution < 1.29 is 13.5 Å². The fourth-order valence-corrected chi connectivity index (χ4v) is 2.75. The number of rotatable bonds is 2. The molecule has 0 N–H and O–H groups in total. The van der Waals surface area contributed by atoms with Gasteiger partial charge in [0.1, 0.15) is 6.10 Å². The standard InChI is InChI=1S/C12H21F2NO/c1-12(13,14)11-9-15(7-8-16-11)10-5-3-2-4-6-10/h10-11H,2-9H2,1H3. The maximum atomic E-state index is 13.2. The molecule has 2 rings (SSSR count). The normalized spacial score (nSPS) is 30.6.